The molecular formula is C54H34N2S2. The number of para-hydroxylation sites is 2. The van der Waals surface area contributed by atoms with Crippen molar-refractivity contribution in [2.24, 2.45) is 0 Å². The summed E-state index contributed by atoms with van der Waals surface area (Å²) in [5, 5.41) is 7.76. The van der Waals surface area contributed by atoms with Gasteiger partial charge in [-0.15, -0.1) is 22.7 Å². The highest BCUT2D eigenvalue weighted by Gasteiger charge is 2.20. The van der Waals surface area contributed by atoms with Gasteiger partial charge in [0.1, 0.15) is 0 Å². The van der Waals surface area contributed by atoms with Gasteiger partial charge in [0.15, 0.2) is 0 Å². The van der Waals surface area contributed by atoms with E-state index in [9.17, 15) is 0 Å². The van der Waals surface area contributed by atoms with E-state index < -0.39 is 0 Å². The average molecular weight is 775 g/mol. The van der Waals surface area contributed by atoms with Crippen molar-refractivity contribution in [3.8, 4) is 27.9 Å². The van der Waals surface area contributed by atoms with E-state index in [0.717, 1.165) is 11.4 Å². The number of hydrogen-bond donors (Lipinski definition) is 0. The van der Waals surface area contributed by atoms with Crippen LogP contribution in [0.5, 0.6) is 0 Å². The first-order chi connectivity index (χ1) is 28.8. The zero-order valence-corrected chi connectivity index (χ0v) is 33.0. The van der Waals surface area contributed by atoms with Crippen LogP contribution in [0.25, 0.3) is 90.1 Å². The molecule has 12 rings (SSSR count). The summed E-state index contributed by atoms with van der Waals surface area (Å²) in [6, 6.07) is 75.6. The monoisotopic (exact) mass is 774 g/mol. The van der Waals surface area contributed by atoms with E-state index in [1.807, 2.05) is 22.7 Å². The van der Waals surface area contributed by atoms with E-state index in [4.69, 9.17) is 0 Å². The van der Waals surface area contributed by atoms with Gasteiger partial charge in [-0.05, 0) is 95.1 Å². The van der Waals surface area contributed by atoms with Crippen LogP contribution in [-0.2, 0) is 0 Å². The first-order valence-electron chi connectivity index (χ1n) is 19.7. The molecule has 0 aliphatic carbocycles. The zero-order valence-electron chi connectivity index (χ0n) is 31.3. The maximum absolute atomic E-state index is 2.43. The molecule has 0 unspecified atom stereocenters. The van der Waals surface area contributed by atoms with Gasteiger partial charge in [0.2, 0.25) is 0 Å². The van der Waals surface area contributed by atoms with Crippen LogP contribution in [0.4, 0.5) is 17.1 Å². The Morgan fingerprint density at radius 3 is 1.74 bits per heavy atom. The topological polar surface area (TPSA) is 8.17 Å². The molecule has 272 valence electrons. The Morgan fingerprint density at radius 2 is 0.948 bits per heavy atom. The second kappa shape index (κ2) is 13.3. The predicted octanol–water partition coefficient (Wildman–Crippen LogP) is 16.3. The second-order valence-corrected chi connectivity index (χ2v) is 17.0. The molecule has 3 heterocycles. The summed E-state index contributed by atoms with van der Waals surface area (Å²) in [5.74, 6) is 0. The third-order valence-corrected chi connectivity index (χ3v) is 14.0. The van der Waals surface area contributed by atoms with Gasteiger partial charge in [-0.1, -0.05) is 133 Å². The van der Waals surface area contributed by atoms with Crippen molar-refractivity contribution < 1.29 is 0 Å². The summed E-state index contributed by atoms with van der Waals surface area (Å²) in [7, 11) is 0. The van der Waals surface area contributed by atoms with Gasteiger partial charge < -0.3 is 9.47 Å². The van der Waals surface area contributed by atoms with Crippen molar-refractivity contribution in [2.45, 2.75) is 0 Å². The van der Waals surface area contributed by atoms with Crippen molar-refractivity contribution >= 4 is 102 Å². The molecule has 0 spiro atoms. The van der Waals surface area contributed by atoms with Gasteiger partial charge >= 0.3 is 0 Å². The summed E-state index contributed by atoms with van der Waals surface area (Å²) in [6.45, 7) is 0. The molecule has 0 atom stereocenters. The maximum atomic E-state index is 2.43. The minimum atomic E-state index is 1.12. The number of nitrogens with zero attached hydrogens (tertiary/aromatic N) is 2. The van der Waals surface area contributed by atoms with E-state index in [2.05, 4.69) is 216 Å². The number of benzene rings is 9. The number of rotatable bonds is 6. The maximum Gasteiger partial charge on any atom is 0.0640 e. The fourth-order valence-electron chi connectivity index (χ4n) is 8.95. The van der Waals surface area contributed by atoms with Gasteiger partial charge in [0, 0.05) is 63.5 Å². The Labute approximate surface area is 343 Å². The van der Waals surface area contributed by atoms with Gasteiger partial charge in [0.05, 0.1) is 21.4 Å². The van der Waals surface area contributed by atoms with Crippen molar-refractivity contribution in [3.63, 3.8) is 0 Å². The highest BCUT2D eigenvalue weighted by atomic mass is 32.1. The Morgan fingerprint density at radius 1 is 0.362 bits per heavy atom. The summed E-state index contributed by atoms with van der Waals surface area (Å²) >= 11 is 3.74. The summed E-state index contributed by atoms with van der Waals surface area (Å²) < 4.78 is 7.62. The molecule has 0 aliphatic rings. The minimum Gasteiger partial charge on any atom is -0.309 e. The quantitative estimate of drug-likeness (QED) is 0.163. The SMILES string of the molecule is c1ccc(-n2c3ccccc3c3ccc(-c4ccc(N(c5ccc(-c6cccc7sc8ccccc8c67)cc5)c5cccc6c5sc5ccccc56)cc4)cc32)cc1. The number of fused-ring (bicyclic) bond motifs is 9. The fourth-order valence-corrected chi connectivity index (χ4v) is 11.3. The standard InChI is InChI=1S/C54H34N2S2/c1-2-12-38(13-3-1)56-47-19-7-4-14-42(47)43-33-28-37(34-49(43)56)35-24-29-39(30-25-35)55(48-20-10-18-45-44-15-5-8-21-50(44)58-54(45)48)40-31-26-36(27-32-40)41-17-11-23-52-53(41)46-16-6-9-22-51(46)57-52/h1-34H. The van der Waals surface area contributed by atoms with Crippen LogP contribution in [0, 0.1) is 0 Å². The van der Waals surface area contributed by atoms with Crippen molar-refractivity contribution in [2.75, 3.05) is 4.90 Å². The Hall–Kier alpha value is -6.98. The van der Waals surface area contributed by atoms with E-state index >= 15 is 0 Å². The van der Waals surface area contributed by atoms with Gasteiger partial charge in [-0.2, -0.15) is 0 Å². The van der Waals surface area contributed by atoms with E-state index in [1.165, 1.54) is 95.8 Å². The summed E-state index contributed by atoms with van der Waals surface area (Å²) in [5.41, 5.74) is 11.9. The van der Waals surface area contributed by atoms with Gasteiger partial charge in [-0.25, -0.2) is 0 Å². The molecule has 4 heteroatoms. The molecular weight excluding hydrogens is 741 g/mol. The van der Waals surface area contributed by atoms with Crippen LogP contribution in [0.2, 0.25) is 0 Å². The van der Waals surface area contributed by atoms with Crippen molar-refractivity contribution in [1.82, 2.24) is 4.57 Å². The van der Waals surface area contributed by atoms with Crippen molar-refractivity contribution in [1.29, 1.82) is 0 Å². The lowest BCUT2D eigenvalue weighted by Crippen LogP contribution is -2.10. The van der Waals surface area contributed by atoms with Crippen LogP contribution in [0.1, 0.15) is 0 Å². The van der Waals surface area contributed by atoms with E-state index in [-0.39, 0.29) is 0 Å². The molecule has 12 aromatic rings. The third kappa shape index (κ3) is 5.23. The van der Waals surface area contributed by atoms with E-state index in [0.29, 0.717) is 0 Å². The van der Waals surface area contributed by atoms with Crippen LogP contribution in [0.15, 0.2) is 206 Å². The highest BCUT2D eigenvalue weighted by molar-refractivity contribution is 7.26. The number of anilines is 3. The third-order valence-electron chi connectivity index (χ3n) is 11.6. The van der Waals surface area contributed by atoms with Crippen LogP contribution >= 0.6 is 22.7 Å². The lowest BCUT2D eigenvalue weighted by molar-refractivity contribution is 1.18. The molecule has 0 N–H and O–H groups in total. The molecule has 0 saturated carbocycles. The second-order valence-electron chi connectivity index (χ2n) is 14.9. The number of aromatic nitrogens is 1. The summed E-state index contributed by atoms with van der Waals surface area (Å²) in [6.07, 6.45) is 0. The molecule has 0 amide bonds. The van der Waals surface area contributed by atoms with Gasteiger partial charge in [-0.3, -0.25) is 0 Å². The van der Waals surface area contributed by atoms with Crippen LogP contribution in [0.3, 0.4) is 0 Å². The minimum absolute atomic E-state index is 1.12. The molecule has 0 aliphatic heterocycles. The molecule has 3 aromatic heterocycles. The molecule has 0 radical (unpaired) electrons. The predicted molar refractivity (Wildman–Crippen MR) is 252 cm³/mol. The number of thiophene rings is 2. The lowest BCUT2D eigenvalue weighted by Gasteiger charge is -2.26. The normalized spacial score (nSPS) is 11.8. The lowest BCUT2D eigenvalue weighted by atomic mass is 9.99. The largest absolute Gasteiger partial charge is 0.309 e. The molecule has 0 fully saturated rings. The Kier molecular flexibility index (Phi) is 7.62. The van der Waals surface area contributed by atoms with Crippen molar-refractivity contribution in [3.05, 3.63) is 206 Å². The Balaban J connectivity index is 0.992. The molecule has 0 saturated heterocycles. The molecule has 9 aromatic carbocycles. The fraction of sp³-hybridized carbons (Fsp3) is 0. The summed E-state index contributed by atoms with van der Waals surface area (Å²) in [4.78, 5) is 2.43. The first kappa shape index (κ1) is 33.2. The van der Waals surface area contributed by atoms with Gasteiger partial charge in [0.25, 0.3) is 0 Å². The number of hydrogen-bond acceptors (Lipinski definition) is 3. The molecule has 58 heavy (non-hydrogen) atoms. The molecule has 0 bridgehead atoms. The zero-order chi connectivity index (χ0) is 38.2. The smallest absolute Gasteiger partial charge is 0.0640 e. The van der Waals surface area contributed by atoms with E-state index in [1.54, 1.807) is 0 Å². The van der Waals surface area contributed by atoms with Crippen LogP contribution < -0.4 is 4.90 Å². The highest BCUT2D eigenvalue weighted by Crippen LogP contribution is 2.46. The van der Waals surface area contributed by atoms with Crippen LogP contribution in [-0.4, -0.2) is 4.57 Å². The molecule has 2 nitrogen and oxygen atoms in total. The Bertz CT molecular complexity index is 3500. The average Bonchev–Trinajstić information content (AvgIpc) is 3.97. The first-order valence-corrected chi connectivity index (χ1v) is 21.3.